The van der Waals surface area contributed by atoms with Crippen molar-refractivity contribution in [3.05, 3.63) is 71.4 Å². The first-order valence-electron chi connectivity index (χ1n) is 7.44. The fraction of sp³-hybridized carbons (Fsp3) is 0.211. The number of aromatic nitrogens is 1. The van der Waals surface area contributed by atoms with E-state index in [0.717, 1.165) is 22.2 Å². The van der Waals surface area contributed by atoms with Gasteiger partial charge in [0.15, 0.2) is 5.78 Å². The highest BCUT2D eigenvalue weighted by Gasteiger charge is 2.17. The van der Waals surface area contributed by atoms with Gasteiger partial charge in [-0.3, -0.25) is 4.79 Å². The first kappa shape index (κ1) is 14.9. The molecule has 3 heteroatoms. The number of Topliss-reactive ketones (excluding diaryl/α,β-unsaturated/α-hetero) is 1. The number of benzene rings is 2. The summed E-state index contributed by atoms with van der Waals surface area (Å²) in [6.07, 6.45) is 0. The van der Waals surface area contributed by atoms with Crippen LogP contribution in [0.5, 0.6) is 0 Å². The van der Waals surface area contributed by atoms with E-state index >= 15 is 0 Å². The molecule has 0 saturated heterocycles. The van der Waals surface area contributed by atoms with Crippen molar-refractivity contribution in [2.24, 2.45) is 0 Å². The van der Waals surface area contributed by atoms with Crippen LogP contribution in [-0.2, 0) is 0 Å². The molecule has 0 aliphatic rings. The monoisotopic (exact) mass is 309 g/mol. The lowest BCUT2D eigenvalue weighted by molar-refractivity contribution is 0.102. The number of H-pyrrole nitrogens is 1. The maximum atomic E-state index is 12.6. The highest BCUT2D eigenvalue weighted by Crippen LogP contribution is 2.30. The van der Waals surface area contributed by atoms with Gasteiger partial charge in [-0.15, -0.1) is 11.8 Å². The lowest BCUT2D eigenvalue weighted by atomic mass is 10.1. The van der Waals surface area contributed by atoms with Crippen LogP contribution in [0.3, 0.4) is 0 Å². The number of fused-ring (bicyclic) bond motifs is 1. The third-order valence-electron chi connectivity index (χ3n) is 3.91. The van der Waals surface area contributed by atoms with Crippen molar-refractivity contribution >= 4 is 28.4 Å². The number of thioether (sulfide) groups is 1. The Labute approximate surface area is 134 Å². The highest BCUT2D eigenvalue weighted by atomic mass is 32.2. The average molecular weight is 309 g/mol. The van der Waals surface area contributed by atoms with Gasteiger partial charge in [-0.25, -0.2) is 0 Å². The minimum absolute atomic E-state index is 0.197. The van der Waals surface area contributed by atoms with Crippen LogP contribution in [0.2, 0.25) is 0 Å². The molecular weight excluding hydrogens is 290 g/mol. The summed E-state index contributed by atoms with van der Waals surface area (Å²) in [5, 5.41) is 1.34. The Morgan fingerprint density at radius 1 is 1.09 bits per heavy atom. The van der Waals surface area contributed by atoms with E-state index in [4.69, 9.17) is 0 Å². The van der Waals surface area contributed by atoms with Crippen LogP contribution in [-0.4, -0.2) is 16.5 Å². The van der Waals surface area contributed by atoms with Crippen molar-refractivity contribution in [3.63, 3.8) is 0 Å². The molecule has 3 aromatic rings. The van der Waals surface area contributed by atoms with E-state index < -0.39 is 0 Å². The summed E-state index contributed by atoms with van der Waals surface area (Å²) in [5.41, 5.74) is 4.09. The molecule has 2 aromatic carbocycles. The average Bonchev–Trinajstić information content (AvgIpc) is 2.89. The molecule has 0 aliphatic heterocycles. The molecule has 0 aliphatic carbocycles. The van der Waals surface area contributed by atoms with Gasteiger partial charge >= 0.3 is 0 Å². The van der Waals surface area contributed by atoms with Crippen molar-refractivity contribution in [2.75, 3.05) is 5.75 Å². The molecule has 112 valence electrons. The third-order valence-corrected chi connectivity index (χ3v) is 5.11. The van der Waals surface area contributed by atoms with Crippen molar-refractivity contribution in [1.29, 1.82) is 0 Å². The Morgan fingerprint density at radius 3 is 2.55 bits per heavy atom. The van der Waals surface area contributed by atoms with Gasteiger partial charge in [-0.05, 0) is 25.5 Å². The summed E-state index contributed by atoms with van der Waals surface area (Å²) >= 11 is 1.69. The first-order valence-corrected chi connectivity index (χ1v) is 8.48. The fourth-order valence-corrected chi connectivity index (χ4v) is 3.62. The van der Waals surface area contributed by atoms with Crippen molar-refractivity contribution in [3.8, 4) is 0 Å². The minimum atomic E-state index is 0.197. The summed E-state index contributed by atoms with van der Waals surface area (Å²) in [6, 6.07) is 18.3. The topological polar surface area (TPSA) is 32.9 Å². The fourth-order valence-electron chi connectivity index (χ4n) is 2.73. The van der Waals surface area contributed by atoms with Gasteiger partial charge in [0.1, 0.15) is 0 Å². The Hall–Kier alpha value is -2.00. The van der Waals surface area contributed by atoms with Gasteiger partial charge in [0.05, 0.1) is 5.75 Å². The molecule has 1 aromatic heterocycles. The minimum Gasteiger partial charge on any atom is -0.358 e. The molecular formula is C19H19NOS. The van der Waals surface area contributed by atoms with Crippen molar-refractivity contribution < 1.29 is 4.79 Å². The molecule has 0 saturated carbocycles. The van der Waals surface area contributed by atoms with Gasteiger partial charge in [0, 0.05) is 27.4 Å². The number of aromatic amines is 1. The maximum absolute atomic E-state index is 12.6. The van der Waals surface area contributed by atoms with Crippen LogP contribution < -0.4 is 0 Å². The number of aryl methyl sites for hydroxylation is 1. The van der Waals surface area contributed by atoms with Gasteiger partial charge in [0.25, 0.3) is 0 Å². The summed E-state index contributed by atoms with van der Waals surface area (Å²) in [6.45, 7) is 4.12. The number of carbonyl (C=O) groups is 1. The molecule has 22 heavy (non-hydrogen) atoms. The van der Waals surface area contributed by atoms with Crippen molar-refractivity contribution in [2.45, 2.75) is 19.1 Å². The number of nitrogens with one attached hydrogen (secondary N) is 1. The van der Waals surface area contributed by atoms with Crippen LogP contribution in [0.25, 0.3) is 10.9 Å². The number of ketones is 1. The predicted octanol–water partition coefficient (Wildman–Crippen LogP) is 5.15. The molecule has 0 amide bonds. The van der Waals surface area contributed by atoms with Crippen LogP contribution in [0.1, 0.15) is 33.8 Å². The molecule has 1 unspecified atom stereocenters. The SMILES string of the molecule is Cc1[nH]c2ccccc2c1C(=O)CSC(C)c1ccccc1. The third kappa shape index (κ3) is 2.95. The molecule has 3 rings (SSSR count). The normalized spacial score (nSPS) is 12.5. The smallest absolute Gasteiger partial charge is 0.175 e. The number of hydrogen-bond acceptors (Lipinski definition) is 2. The van der Waals surface area contributed by atoms with E-state index in [2.05, 4.69) is 24.0 Å². The molecule has 1 atom stereocenters. The second-order valence-corrected chi connectivity index (χ2v) is 6.79. The zero-order valence-corrected chi connectivity index (χ0v) is 13.6. The van der Waals surface area contributed by atoms with E-state index in [9.17, 15) is 4.79 Å². The van der Waals surface area contributed by atoms with Crippen LogP contribution in [0.4, 0.5) is 0 Å². The molecule has 0 bridgehead atoms. The number of rotatable bonds is 5. The van der Waals surface area contributed by atoms with Crippen molar-refractivity contribution in [1.82, 2.24) is 4.98 Å². The zero-order valence-electron chi connectivity index (χ0n) is 12.8. The number of carbonyl (C=O) groups excluding carboxylic acids is 1. The predicted molar refractivity (Wildman–Crippen MR) is 94.7 cm³/mol. The second kappa shape index (κ2) is 6.41. The lowest BCUT2D eigenvalue weighted by Crippen LogP contribution is -2.05. The highest BCUT2D eigenvalue weighted by molar-refractivity contribution is 8.00. The largest absolute Gasteiger partial charge is 0.358 e. The van der Waals surface area contributed by atoms with Gasteiger partial charge < -0.3 is 4.98 Å². The Morgan fingerprint density at radius 2 is 1.77 bits per heavy atom. The van der Waals surface area contributed by atoms with E-state index in [-0.39, 0.29) is 5.78 Å². The lowest BCUT2D eigenvalue weighted by Gasteiger charge is -2.11. The number of para-hydroxylation sites is 1. The molecule has 0 spiro atoms. The Balaban J connectivity index is 1.75. The molecule has 1 heterocycles. The molecule has 0 radical (unpaired) electrons. The maximum Gasteiger partial charge on any atom is 0.175 e. The van der Waals surface area contributed by atoms with Gasteiger partial charge in [-0.2, -0.15) is 0 Å². The Kier molecular flexibility index (Phi) is 4.34. The van der Waals surface area contributed by atoms with E-state index in [1.165, 1.54) is 5.56 Å². The summed E-state index contributed by atoms with van der Waals surface area (Å²) in [5.74, 6) is 0.696. The number of hydrogen-bond donors (Lipinski definition) is 1. The van der Waals surface area contributed by atoms with Crippen LogP contribution in [0, 0.1) is 6.92 Å². The standard InChI is InChI=1S/C19H19NOS/c1-13-19(16-10-6-7-11-17(16)20-13)18(21)12-22-14(2)15-8-4-3-5-9-15/h3-11,14,20H,12H2,1-2H3. The molecule has 0 fully saturated rings. The quantitative estimate of drug-likeness (QED) is 0.661. The van der Waals surface area contributed by atoms with E-state index in [0.29, 0.717) is 11.0 Å². The van der Waals surface area contributed by atoms with E-state index in [1.54, 1.807) is 11.8 Å². The van der Waals surface area contributed by atoms with Gasteiger partial charge in [0.2, 0.25) is 0 Å². The second-order valence-electron chi connectivity index (χ2n) is 5.46. The van der Waals surface area contributed by atoms with Crippen LogP contribution >= 0.6 is 11.8 Å². The van der Waals surface area contributed by atoms with Gasteiger partial charge in [-0.1, -0.05) is 48.5 Å². The first-order chi connectivity index (χ1) is 10.7. The summed E-state index contributed by atoms with van der Waals surface area (Å²) < 4.78 is 0. The summed E-state index contributed by atoms with van der Waals surface area (Å²) in [4.78, 5) is 15.9. The zero-order chi connectivity index (χ0) is 15.5. The summed E-state index contributed by atoms with van der Waals surface area (Å²) in [7, 11) is 0. The molecule has 1 N–H and O–H groups in total. The van der Waals surface area contributed by atoms with Crippen LogP contribution in [0.15, 0.2) is 54.6 Å². The Bertz CT molecular complexity index is 792. The molecule has 2 nitrogen and oxygen atoms in total. The van der Waals surface area contributed by atoms with E-state index in [1.807, 2.05) is 49.4 Å².